The molecule has 0 radical (unpaired) electrons. The third kappa shape index (κ3) is 6.70. The van der Waals surface area contributed by atoms with Gasteiger partial charge in [0.05, 0.1) is 6.61 Å². The minimum atomic E-state index is -0.393. The minimum absolute atomic E-state index is 0.0827. The Morgan fingerprint density at radius 3 is 2.32 bits per heavy atom. The molecule has 1 amide bonds. The van der Waals surface area contributed by atoms with E-state index < -0.39 is 6.09 Å². The van der Waals surface area contributed by atoms with Crippen LogP contribution in [0.1, 0.15) is 33.3 Å². The number of benzene rings is 1. The third-order valence-corrected chi connectivity index (χ3v) is 2.28. The van der Waals surface area contributed by atoms with E-state index in [1.807, 2.05) is 38.1 Å². The number of alkyl carbamates (subject to hydrolysis) is 1. The summed E-state index contributed by atoms with van der Waals surface area (Å²) in [7, 11) is 0. The van der Waals surface area contributed by atoms with Crippen molar-refractivity contribution < 1.29 is 14.3 Å². The Bertz CT molecular complexity index is 385. The van der Waals surface area contributed by atoms with E-state index in [0.717, 1.165) is 11.3 Å². The summed E-state index contributed by atoms with van der Waals surface area (Å²) in [6.45, 7) is 8.96. The summed E-state index contributed by atoms with van der Waals surface area (Å²) >= 11 is 0. The number of ether oxygens (including phenoxy) is 2. The van der Waals surface area contributed by atoms with Crippen LogP contribution in [0.4, 0.5) is 4.79 Å². The molecule has 19 heavy (non-hydrogen) atoms. The van der Waals surface area contributed by atoms with E-state index in [4.69, 9.17) is 9.47 Å². The van der Waals surface area contributed by atoms with Gasteiger partial charge in [-0.05, 0) is 37.5 Å². The molecule has 0 spiro atoms. The SMILES string of the molecule is CC(C)COc1ccc(COC(=O)NC(C)C)cc1. The number of rotatable bonds is 6. The Morgan fingerprint density at radius 2 is 1.79 bits per heavy atom. The van der Waals surface area contributed by atoms with Gasteiger partial charge in [-0.1, -0.05) is 26.0 Å². The summed E-state index contributed by atoms with van der Waals surface area (Å²) in [5.74, 6) is 1.34. The lowest BCUT2D eigenvalue weighted by molar-refractivity contribution is 0.137. The van der Waals surface area contributed by atoms with E-state index in [1.54, 1.807) is 0 Å². The third-order valence-electron chi connectivity index (χ3n) is 2.28. The van der Waals surface area contributed by atoms with Crippen molar-refractivity contribution in [3.05, 3.63) is 29.8 Å². The molecule has 1 aromatic carbocycles. The summed E-state index contributed by atoms with van der Waals surface area (Å²) in [6, 6.07) is 7.67. The molecule has 0 unspecified atom stereocenters. The van der Waals surface area contributed by atoms with Crippen LogP contribution in [0.3, 0.4) is 0 Å². The van der Waals surface area contributed by atoms with Gasteiger partial charge in [0.25, 0.3) is 0 Å². The first-order valence-corrected chi connectivity index (χ1v) is 6.62. The maximum Gasteiger partial charge on any atom is 0.407 e. The highest BCUT2D eigenvalue weighted by Gasteiger charge is 2.04. The van der Waals surface area contributed by atoms with Crippen molar-refractivity contribution in [2.75, 3.05) is 6.61 Å². The molecule has 0 saturated heterocycles. The van der Waals surface area contributed by atoms with Crippen LogP contribution in [0.15, 0.2) is 24.3 Å². The van der Waals surface area contributed by atoms with Gasteiger partial charge in [-0.3, -0.25) is 0 Å². The van der Waals surface area contributed by atoms with E-state index >= 15 is 0 Å². The number of hydrogen-bond donors (Lipinski definition) is 1. The largest absolute Gasteiger partial charge is 0.493 e. The number of carbonyl (C=O) groups is 1. The van der Waals surface area contributed by atoms with Gasteiger partial charge in [-0.25, -0.2) is 4.79 Å². The zero-order valence-electron chi connectivity index (χ0n) is 12.1. The average molecular weight is 265 g/mol. The summed E-state index contributed by atoms with van der Waals surface area (Å²) in [6.07, 6.45) is -0.393. The van der Waals surface area contributed by atoms with Crippen molar-refractivity contribution >= 4 is 6.09 Å². The van der Waals surface area contributed by atoms with Gasteiger partial charge in [0.1, 0.15) is 12.4 Å². The van der Waals surface area contributed by atoms with Crippen molar-refractivity contribution in [1.82, 2.24) is 5.32 Å². The lowest BCUT2D eigenvalue weighted by Crippen LogP contribution is -2.30. The quantitative estimate of drug-likeness (QED) is 0.858. The van der Waals surface area contributed by atoms with Crippen molar-refractivity contribution in [2.24, 2.45) is 5.92 Å². The van der Waals surface area contributed by atoms with Gasteiger partial charge in [0, 0.05) is 6.04 Å². The Hall–Kier alpha value is -1.71. The number of nitrogens with one attached hydrogen (secondary N) is 1. The molecule has 0 aliphatic heterocycles. The monoisotopic (exact) mass is 265 g/mol. The maximum atomic E-state index is 11.3. The highest BCUT2D eigenvalue weighted by atomic mass is 16.5. The Kier molecular flexibility index (Phi) is 6.19. The number of carbonyl (C=O) groups excluding carboxylic acids is 1. The highest BCUT2D eigenvalue weighted by molar-refractivity contribution is 5.67. The van der Waals surface area contributed by atoms with Crippen molar-refractivity contribution in [2.45, 2.75) is 40.3 Å². The van der Waals surface area contributed by atoms with Crippen molar-refractivity contribution in [3.8, 4) is 5.75 Å². The zero-order chi connectivity index (χ0) is 14.3. The average Bonchev–Trinajstić information content (AvgIpc) is 2.34. The molecule has 0 aliphatic carbocycles. The van der Waals surface area contributed by atoms with Crippen LogP contribution in [0.25, 0.3) is 0 Å². The van der Waals surface area contributed by atoms with Gasteiger partial charge in [-0.15, -0.1) is 0 Å². The van der Waals surface area contributed by atoms with Crippen LogP contribution in [-0.4, -0.2) is 18.7 Å². The summed E-state index contributed by atoms with van der Waals surface area (Å²) in [4.78, 5) is 11.3. The lowest BCUT2D eigenvalue weighted by Gasteiger charge is -2.11. The van der Waals surface area contributed by atoms with Crippen LogP contribution >= 0.6 is 0 Å². The predicted octanol–water partition coefficient (Wildman–Crippen LogP) is 3.36. The fourth-order valence-electron chi connectivity index (χ4n) is 1.37. The molecule has 0 heterocycles. The lowest BCUT2D eigenvalue weighted by atomic mass is 10.2. The van der Waals surface area contributed by atoms with Gasteiger partial charge in [0.15, 0.2) is 0 Å². The smallest absolute Gasteiger partial charge is 0.407 e. The first-order valence-electron chi connectivity index (χ1n) is 6.62. The van der Waals surface area contributed by atoms with E-state index in [9.17, 15) is 4.79 Å². The molecule has 0 saturated carbocycles. The van der Waals surface area contributed by atoms with E-state index in [0.29, 0.717) is 12.5 Å². The molecule has 1 rings (SSSR count). The molecular weight excluding hydrogens is 242 g/mol. The molecule has 4 nitrogen and oxygen atoms in total. The van der Waals surface area contributed by atoms with Gasteiger partial charge >= 0.3 is 6.09 Å². The van der Waals surface area contributed by atoms with Crippen LogP contribution in [0.5, 0.6) is 5.75 Å². The second-order valence-electron chi connectivity index (χ2n) is 5.22. The van der Waals surface area contributed by atoms with Crippen LogP contribution < -0.4 is 10.1 Å². The number of amides is 1. The molecule has 1 aromatic rings. The Balaban J connectivity index is 2.37. The maximum absolute atomic E-state index is 11.3. The molecule has 4 heteroatoms. The van der Waals surface area contributed by atoms with Crippen molar-refractivity contribution in [1.29, 1.82) is 0 Å². The van der Waals surface area contributed by atoms with E-state index in [1.165, 1.54) is 0 Å². The molecule has 1 N–H and O–H groups in total. The number of hydrogen-bond acceptors (Lipinski definition) is 3. The second kappa shape index (κ2) is 7.67. The first kappa shape index (κ1) is 15.3. The molecule has 0 aliphatic rings. The second-order valence-corrected chi connectivity index (χ2v) is 5.22. The predicted molar refractivity (Wildman–Crippen MR) is 75.2 cm³/mol. The fraction of sp³-hybridized carbons (Fsp3) is 0.533. The van der Waals surface area contributed by atoms with Gasteiger partial charge in [0.2, 0.25) is 0 Å². The van der Waals surface area contributed by atoms with Crippen LogP contribution in [-0.2, 0) is 11.3 Å². The molecule has 0 atom stereocenters. The fourth-order valence-corrected chi connectivity index (χ4v) is 1.37. The summed E-state index contributed by atoms with van der Waals surface area (Å²) < 4.78 is 10.7. The Labute approximate surface area is 115 Å². The van der Waals surface area contributed by atoms with Crippen molar-refractivity contribution in [3.63, 3.8) is 0 Å². The first-order chi connectivity index (χ1) is 8.97. The molecular formula is C15H23NO3. The van der Waals surface area contributed by atoms with Gasteiger partial charge < -0.3 is 14.8 Å². The molecule has 0 aromatic heterocycles. The normalized spacial score (nSPS) is 10.6. The van der Waals surface area contributed by atoms with Crippen LogP contribution in [0, 0.1) is 5.92 Å². The van der Waals surface area contributed by atoms with E-state index in [2.05, 4.69) is 19.2 Å². The topological polar surface area (TPSA) is 47.6 Å². The van der Waals surface area contributed by atoms with Gasteiger partial charge in [-0.2, -0.15) is 0 Å². The molecule has 106 valence electrons. The summed E-state index contributed by atoms with van der Waals surface area (Å²) in [5.41, 5.74) is 0.941. The highest BCUT2D eigenvalue weighted by Crippen LogP contribution is 2.13. The molecule has 0 bridgehead atoms. The van der Waals surface area contributed by atoms with E-state index in [-0.39, 0.29) is 12.6 Å². The van der Waals surface area contributed by atoms with Crippen LogP contribution in [0.2, 0.25) is 0 Å². The summed E-state index contributed by atoms with van der Waals surface area (Å²) in [5, 5.41) is 2.67. The minimum Gasteiger partial charge on any atom is -0.493 e. The molecule has 0 fully saturated rings. The zero-order valence-corrected chi connectivity index (χ0v) is 12.1. The standard InChI is InChI=1S/C15H23NO3/c1-11(2)9-18-14-7-5-13(6-8-14)10-19-15(17)16-12(3)4/h5-8,11-12H,9-10H2,1-4H3,(H,16,17). The Morgan fingerprint density at radius 1 is 1.16 bits per heavy atom.